The summed E-state index contributed by atoms with van der Waals surface area (Å²) in [5.74, 6) is -5.35. The Labute approximate surface area is 178 Å². The molecule has 0 spiro atoms. The van der Waals surface area contributed by atoms with Crippen molar-refractivity contribution in [3.63, 3.8) is 0 Å². The Morgan fingerprint density at radius 3 is 1.35 bits per heavy atom. The molecule has 5 N–H and O–H groups in total. The first-order chi connectivity index (χ1) is 14.5. The number of hydrogen-bond acceptors (Lipinski definition) is 9. The molecule has 0 heterocycles. The smallest absolute Gasteiger partial charge is 0.317 e. The van der Waals surface area contributed by atoms with Gasteiger partial charge in [0, 0.05) is 39.1 Å². The highest BCUT2D eigenvalue weighted by molar-refractivity contribution is 5.79. The quantitative estimate of drug-likeness (QED) is 0.0984. The number of carbonyl (C=O) groups excluding carboxylic acids is 2. The standard InChI is InChI=1S/C17H28N4O10/c22-7-1-2-18-13(23)8-20(10-15(26)27)5-3-19(9-14(24)25)4-6-21(11-16(28)29)12-17(30)31/h7H,1-6,8-12H2,(H,18,23)(H,24,25)(H,26,27)(H,28,29)(H,30,31). The predicted molar refractivity (Wildman–Crippen MR) is 104 cm³/mol. The van der Waals surface area contributed by atoms with Crippen LogP contribution < -0.4 is 5.32 Å². The number of hydrogen-bond donors (Lipinski definition) is 5. The number of carbonyl (C=O) groups is 6. The minimum Gasteiger partial charge on any atom is -0.480 e. The van der Waals surface area contributed by atoms with Gasteiger partial charge in [-0.05, 0) is 0 Å². The fourth-order valence-corrected chi connectivity index (χ4v) is 2.56. The highest BCUT2D eigenvalue weighted by atomic mass is 16.4. The molecule has 0 fully saturated rings. The third-order valence-corrected chi connectivity index (χ3v) is 3.85. The molecular weight excluding hydrogens is 420 g/mol. The maximum absolute atomic E-state index is 11.9. The van der Waals surface area contributed by atoms with Gasteiger partial charge < -0.3 is 30.5 Å². The van der Waals surface area contributed by atoms with Crippen molar-refractivity contribution in [2.24, 2.45) is 0 Å². The van der Waals surface area contributed by atoms with Crippen LogP contribution in [0.5, 0.6) is 0 Å². The van der Waals surface area contributed by atoms with Crippen molar-refractivity contribution in [1.29, 1.82) is 0 Å². The minimum absolute atomic E-state index is 0.0124. The molecule has 0 saturated heterocycles. The van der Waals surface area contributed by atoms with Crippen molar-refractivity contribution >= 4 is 36.1 Å². The van der Waals surface area contributed by atoms with Gasteiger partial charge >= 0.3 is 23.9 Å². The largest absolute Gasteiger partial charge is 0.480 e. The number of amides is 1. The number of carboxylic acids is 4. The maximum Gasteiger partial charge on any atom is 0.317 e. The zero-order valence-electron chi connectivity index (χ0n) is 16.9. The molecule has 0 bridgehead atoms. The molecule has 0 aliphatic heterocycles. The molecule has 0 aromatic carbocycles. The number of nitrogens with one attached hydrogen (secondary N) is 1. The first-order valence-electron chi connectivity index (χ1n) is 9.28. The van der Waals surface area contributed by atoms with Gasteiger partial charge in [0.05, 0.1) is 32.7 Å². The second kappa shape index (κ2) is 15.7. The Morgan fingerprint density at radius 1 is 0.613 bits per heavy atom. The minimum atomic E-state index is -1.24. The Bertz CT molecular complexity index is 626. The van der Waals surface area contributed by atoms with Gasteiger partial charge in [-0.25, -0.2) is 0 Å². The van der Waals surface area contributed by atoms with Gasteiger partial charge in [0.25, 0.3) is 0 Å². The summed E-state index contributed by atoms with van der Waals surface area (Å²) >= 11 is 0. The van der Waals surface area contributed by atoms with E-state index in [4.69, 9.17) is 20.4 Å². The van der Waals surface area contributed by atoms with Gasteiger partial charge in [-0.1, -0.05) is 0 Å². The highest BCUT2D eigenvalue weighted by Crippen LogP contribution is 1.97. The third kappa shape index (κ3) is 16.4. The lowest BCUT2D eigenvalue weighted by atomic mass is 10.3. The highest BCUT2D eigenvalue weighted by Gasteiger charge is 2.19. The Hall–Kier alpha value is -3.10. The maximum atomic E-state index is 11.9. The van der Waals surface area contributed by atoms with E-state index in [1.165, 1.54) is 9.80 Å². The van der Waals surface area contributed by atoms with Crippen LogP contribution >= 0.6 is 0 Å². The second-order valence-electron chi connectivity index (χ2n) is 6.58. The van der Waals surface area contributed by atoms with Crippen LogP contribution in [0.1, 0.15) is 6.42 Å². The van der Waals surface area contributed by atoms with Crippen LogP contribution in [0.15, 0.2) is 0 Å². The monoisotopic (exact) mass is 448 g/mol. The lowest BCUT2D eigenvalue weighted by Gasteiger charge is -2.27. The van der Waals surface area contributed by atoms with Crippen LogP contribution in [0, 0.1) is 0 Å². The van der Waals surface area contributed by atoms with Crippen molar-refractivity contribution < 1.29 is 49.2 Å². The van der Waals surface area contributed by atoms with E-state index >= 15 is 0 Å². The molecule has 0 aromatic rings. The van der Waals surface area contributed by atoms with Gasteiger partial charge in [0.2, 0.25) is 5.91 Å². The molecule has 14 nitrogen and oxygen atoms in total. The number of nitrogens with zero attached hydrogens (tertiary/aromatic N) is 3. The summed E-state index contributed by atoms with van der Waals surface area (Å²) in [6.45, 7) is -2.16. The summed E-state index contributed by atoms with van der Waals surface area (Å²) in [5.41, 5.74) is 0. The van der Waals surface area contributed by atoms with Gasteiger partial charge in [0.1, 0.15) is 6.29 Å². The normalized spacial score (nSPS) is 10.9. The molecule has 0 radical (unpaired) electrons. The SMILES string of the molecule is O=CCCNC(=O)CN(CCN(CCN(CC(=O)O)CC(=O)O)CC(=O)O)CC(=O)O. The lowest BCUT2D eigenvalue weighted by molar-refractivity contribution is -0.143. The van der Waals surface area contributed by atoms with Crippen LogP contribution in [0.4, 0.5) is 0 Å². The van der Waals surface area contributed by atoms with Crippen LogP contribution in [0.3, 0.4) is 0 Å². The van der Waals surface area contributed by atoms with Gasteiger partial charge in [-0.2, -0.15) is 0 Å². The van der Waals surface area contributed by atoms with Gasteiger partial charge in [0.15, 0.2) is 0 Å². The number of carboxylic acid groups (broad SMARTS) is 4. The van der Waals surface area contributed by atoms with E-state index in [1.54, 1.807) is 0 Å². The van der Waals surface area contributed by atoms with Crippen LogP contribution in [0.2, 0.25) is 0 Å². The Morgan fingerprint density at radius 2 is 0.968 bits per heavy atom. The zero-order chi connectivity index (χ0) is 23.8. The molecule has 0 unspecified atom stereocenters. The molecule has 1 amide bonds. The van der Waals surface area contributed by atoms with Crippen LogP contribution in [0.25, 0.3) is 0 Å². The van der Waals surface area contributed by atoms with Crippen molar-refractivity contribution in [2.45, 2.75) is 6.42 Å². The van der Waals surface area contributed by atoms with E-state index in [9.17, 15) is 28.8 Å². The van der Waals surface area contributed by atoms with Crippen molar-refractivity contribution in [3.8, 4) is 0 Å². The second-order valence-corrected chi connectivity index (χ2v) is 6.58. The topological polar surface area (TPSA) is 205 Å². The Balaban J connectivity index is 4.93. The van der Waals surface area contributed by atoms with Gasteiger partial charge in [-0.3, -0.25) is 38.7 Å². The average molecular weight is 448 g/mol. The van der Waals surface area contributed by atoms with Crippen molar-refractivity contribution in [2.75, 3.05) is 65.4 Å². The third-order valence-electron chi connectivity index (χ3n) is 3.85. The predicted octanol–water partition coefficient (Wildman–Crippen LogP) is -3.06. The number of rotatable bonds is 19. The molecular formula is C17H28N4O10. The summed E-state index contributed by atoms with van der Waals surface area (Å²) < 4.78 is 0. The molecule has 176 valence electrons. The fraction of sp³-hybridized carbons (Fsp3) is 0.647. The fourth-order valence-electron chi connectivity index (χ4n) is 2.56. The van der Waals surface area contributed by atoms with Crippen LogP contribution in [-0.2, 0) is 28.8 Å². The summed E-state index contributed by atoms with van der Waals surface area (Å²) in [7, 11) is 0. The molecule has 0 aliphatic carbocycles. The summed E-state index contributed by atoms with van der Waals surface area (Å²) in [6.07, 6.45) is 0.733. The van der Waals surface area contributed by atoms with Crippen LogP contribution in [-0.4, -0.2) is 137 Å². The van der Waals surface area contributed by atoms with Crippen molar-refractivity contribution in [3.05, 3.63) is 0 Å². The first-order valence-corrected chi connectivity index (χ1v) is 9.28. The number of aldehydes is 1. The van der Waals surface area contributed by atoms with E-state index in [2.05, 4.69) is 5.32 Å². The van der Waals surface area contributed by atoms with E-state index in [1.807, 2.05) is 0 Å². The lowest BCUT2D eigenvalue weighted by Crippen LogP contribution is -2.46. The molecule has 31 heavy (non-hydrogen) atoms. The first kappa shape index (κ1) is 27.9. The van der Waals surface area contributed by atoms with E-state index in [-0.39, 0.29) is 45.7 Å². The van der Waals surface area contributed by atoms with Gasteiger partial charge in [-0.15, -0.1) is 0 Å². The Kier molecular flexibility index (Phi) is 14.1. The van der Waals surface area contributed by atoms with E-state index in [0.717, 1.165) is 4.90 Å². The summed E-state index contributed by atoms with van der Waals surface area (Å²) in [6, 6.07) is 0. The molecule has 0 saturated carbocycles. The van der Waals surface area contributed by atoms with Crippen molar-refractivity contribution in [1.82, 2.24) is 20.0 Å². The molecule has 14 heteroatoms. The molecule has 0 rings (SSSR count). The van der Waals surface area contributed by atoms with E-state index in [0.29, 0.717) is 6.29 Å². The summed E-state index contributed by atoms with van der Waals surface area (Å²) in [4.78, 5) is 69.8. The molecule has 0 aromatic heterocycles. The molecule has 0 atom stereocenters. The average Bonchev–Trinajstić information content (AvgIpc) is 2.62. The zero-order valence-corrected chi connectivity index (χ0v) is 16.9. The number of aliphatic carboxylic acids is 4. The van der Waals surface area contributed by atoms with E-state index < -0.39 is 56.0 Å². The molecule has 0 aliphatic rings. The summed E-state index contributed by atoms with van der Waals surface area (Å²) in [5, 5.41) is 38.3.